The van der Waals surface area contributed by atoms with E-state index < -0.39 is 0 Å². The number of fused-ring (bicyclic) bond motifs is 15. The second-order valence-corrected chi connectivity index (χ2v) is 36.3. The molecule has 5 aliphatic rings. The summed E-state index contributed by atoms with van der Waals surface area (Å²) in [7, 11) is 11.0. The molecule has 0 spiro atoms. The van der Waals surface area contributed by atoms with Gasteiger partial charge in [0.05, 0.1) is 57.7 Å². The van der Waals surface area contributed by atoms with Gasteiger partial charge in [-0.05, 0) is 153 Å². The van der Waals surface area contributed by atoms with E-state index in [4.69, 9.17) is 0 Å². The molecule has 5 aliphatic heterocycles. The molecule has 0 unspecified atom stereocenters. The lowest BCUT2D eigenvalue weighted by Gasteiger charge is -2.24. The van der Waals surface area contributed by atoms with Crippen LogP contribution in [0.2, 0.25) is 0 Å². The summed E-state index contributed by atoms with van der Waals surface area (Å²) in [6.45, 7) is 22.9. The van der Waals surface area contributed by atoms with Crippen LogP contribution in [0.15, 0.2) is 170 Å². The van der Waals surface area contributed by atoms with Crippen LogP contribution in [0.1, 0.15) is 97.4 Å². The van der Waals surface area contributed by atoms with Crippen molar-refractivity contribution in [2.45, 2.75) is 132 Å². The van der Waals surface area contributed by atoms with Crippen molar-refractivity contribution in [1.29, 1.82) is 0 Å². The van der Waals surface area contributed by atoms with Crippen molar-refractivity contribution in [2.24, 2.45) is 0 Å². The van der Waals surface area contributed by atoms with Gasteiger partial charge in [0.2, 0.25) is 0 Å². The number of aliphatic hydroxyl groups is 1. The number of thiophene rings is 5. The third kappa shape index (κ3) is 15.3. The fourth-order valence-corrected chi connectivity index (χ4v) is 22.3. The largest absolute Gasteiger partial charge is 0.391 e. The molecule has 18 heteroatoms. The van der Waals surface area contributed by atoms with Gasteiger partial charge in [0.1, 0.15) is 5.82 Å². The molecule has 0 radical (unpaired) electrons. The minimum atomic E-state index is -0.178. The molecule has 0 saturated heterocycles. The number of hydrogen-bond acceptors (Lipinski definition) is 12. The standard InChI is InChI=1S/C19H22N2OS.C19H22N2S.C18H20N2S.C17H17FN2S.C16H17N3S/c1-20-9-8-17-16(12-20)19-18(11-15(13-22)23-19)21(17)10-7-14-5-3-2-4-6-14;1-14-12-18-19(22-14)16-13-20(2)10-9-17(16)21(18)11-8-15-6-4-3-5-7-15;1-13-10-17-18(21-13)15-12-19(2)9-8-16(15)20(17)11-14-6-4-3-5-7-14;1-11-8-16-17(21-11)14-10-19(2)7-6-15(14)20(16)13-5-3-4-12(18)9-13;1-11-9-15-16(20-11)13-10-18(2)8-5-14(13)19(15)12-3-6-17-7-4-12/h2-6,11,22H,7-10,12-13H2,1H3;3-7,12H,8-11,13H2,1-2H3;3-7,10H,8-9,11-12H2,1-2H3;3-5,8-9H,6-7,10H2,1-2H3;3-4,6-7,9H,5,8,10H2,1-2H3. The van der Waals surface area contributed by atoms with Crippen molar-refractivity contribution in [3.05, 3.63) is 273 Å². The zero-order valence-corrected chi connectivity index (χ0v) is 67.4. The number of benzene rings is 4. The van der Waals surface area contributed by atoms with Gasteiger partial charge in [0, 0.05) is 222 Å². The fraction of sp³-hybridized carbons (Fsp3) is 0.337. The van der Waals surface area contributed by atoms with Gasteiger partial charge in [-0.25, -0.2) is 4.39 Å². The summed E-state index contributed by atoms with van der Waals surface area (Å²) in [6.07, 6.45) is 11.5. The number of pyridine rings is 1. The Hall–Kier alpha value is -8.08. The molecule has 552 valence electrons. The molecule has 0 saturated carbocycles. The van der Waals surface area contributed by atoms with Crippen molar-refractivity contribution in [2.75, 3.05) is 68.0 Å². The molecule has 107 heavy (non-hydrogen) atoms. The summed E-state index contributed by atoms with van der Waals surface area (Å²) < 4.78 is 33.2. The van der Waals surface area contributed by atoms with Crippen LogP contribution in [-0.4, -0.2) is 125 Å². The Balaban J connectivity index is 0.000000102. The first kappa shape index (κ1) is 73.1. The van der Waals surface area contributed by atoms with E-state index in [2.05, 4.69) is 249 Å². The summed E-state index contributed by atoms with van der Waals surface area (Å²) in [5, 5.41) is 9.50. The fourth-order valence-electron chi connectivity index (χ4n) is 17.0. The van der Waals surface area contributed by atoms with Crippen LogP contribution in [0, 0.1) is 33.5 Å². The van der Waals surface area contributed by atoms with E-state index in [1.807, 2.05) is 63.8 Å². The van der Waals surface area contributed by atoms with Crippen LogP contribution in [0.3, 0.4) is 0 Å². The predicted octanol–water partition coefficient (Wildman–Crippen LogP) is 19.2. The second kappa shape index (κ2) is 31.9. The Morgan fingerprint density at radius 1 is 0.364 bits per heavy atom. The first-order chi connectivity index (χ1) is 52.1. The highest BCUT2D eigenvalue weighted by molar-refractivity contribution is 7.20. The molecular weight excluding hydrogens is 1420 g/mol. The smallest absolute Gasteiger partial charge is 0.125 e. The van der Waals surface area contributed by atoms with Gasteiger partial charge in [-0.3, -0.25) is 4.98 Å². The second-order valence-electron chi connectivity index (χ2n) is 30.1. The Morgan fingerprint density at radius 3 is 1.15 bits per heavy atom. The number of nitrogens with zero attached hydrogens (tertiary/aromatic N) is 11. The van der Waals surface area contributed by atoms with E-state index in [-0.39, 0.29) is 12.4 Å². The van der Waals surface area contributed by atoms with E-state index in [1.54, 1.807) is 46.0 Å². The van der Waals surface area contributed by atoms with Crippen molar-refractivity contribution >= 4 is 108 Å². The summed E-state index contributed by atoms with van der Waals surface area (Å²) >= 11 is 9.44. The Labute approximate surface area is 649 Å². The molecule has 20 rings (SSSR count). The quantitative estimate of drug-likeness (QED) is 0.138. The van der Waals surface area contributed by atoms with E-state index in [1.165, 1.54) is 152 Å². The number of likely N-dealkylation sites (N-methyl/N-ethyl adjacent to an activating group) is 5. The summed E-state index contributed by atoms with van der Waals surface area (Å²) in [6, 6.07) is 54.9. The lowest BCUT2D eigenvalue weighted by atomic mass is 10.1. The Kier molecular flexibility index (Phi) is 21.8. The zero-order chi connectivity index (χ0) is 73.6. The van der Waals surface area contributed by atoms with Crippen molar-refractivity contribution in [3.8, 4) is 11.4 Å². The van der Waals surface area contributed by atoms with Gasteiger partial charge in [-0.15, -0.1) is 56.7 Å². The Bertz CT molecular complexity index is 5610. The third-order valence-corrected chi connectivity index (χ3v) is 27.7. The molecule has 0 amide bonds. The molecule has 0 atom stereocenters. The molecule has 12 nitrogen and oxygen atoms in total. The van der Waals surface area contributed by atoms with Crippen LogP contribution in [0.25, 0.3) is 62.5 Å². The van der Waals surface area contributed by atoms with Crippen molar-refractivity contribution < 1.29 is 9.50 Å². The van der Waals surface area contributed by atoms with Crippen LogP contribution in [0.5, 0.6) is 0 Å². The van der Waals surface area contributed by atoms with E-state index in [0.29, 0.717) is 0 Å². The normalized spacial score (nSPS) is 15.5. The number of halogens is 1. The first-order valence-electron chi connectivity index (χ1n) is 38.0. The van der Waals surface area contributed by atoms with Gasteiger partial charge in [0.25, 0.3) is 0 Å². The molecule has 0 fully saturated rings. The molecule has 0 bridgehead atoms. The molecule has 4 aromatic carbocycles. The summed E-state index contributed by atoms with van der Waals surface area (Å²) in [5.74, 6) is -0.178. The molecule has 1 N–H and O–H groups in total. The predicted molar refractivity (Wildman–Crippen MR) is 450 cm³/mol. The molecule has 16 heterocycles. The maximum atomic E-state index is 13.6. The van der Waals surface area contributed by atoms with Crippen molar-refractivity contribution in [1.82, 2.24) is 52.3 Å². The van der Waals surface area contributed by atoms with Crippen molar-refractivity contribution in [3.63, 3.8) is 0 Å². The van der Waals surface area contributed by atoms with Gasteiger partial charge in [-0.2, -0.15) is 0 Å². The number of aliphatic hydroxyl groups excluding tert-OH is 1. The van der Waals surface area contributed by atoms with Crippen LogP contribution in [0.4, 0.5) is 4.39 Å². The molecule has 15 aromatic rings. The Morgan fingerprint density at radius 2 is 0.720 bits per heavy atom. The van der Waals surface area contributed by atoms with E-state index in [0.717, 1.165) is 121 Å². The molecule has 0 aliphatic carbocycles. The minimum Gasteiger partial charge on any atom is -0.391 e. The number of aryl methyl sites for hydroxylation is 8. The van der Waals surface area contributed by atoms with Gasteiger partial charge >= 0.3 is 0 Å². The average Bonchev–Trinajstić information content (AvgIpc) is 1.61. The highest BCUT2D eigenvalue weighted by Gasteiger charge is 2.30. The maximum Gasteiger partial charge on any atom is 0.125 e. The first-order valence-corrected chi connectivity index (χ1v) is 42.1. The van der Waals surface area contributed by atoms with E-state index in [9.17, 15) is 9.50 Å². The van der Waals surface area contributed by atoms with Crippen LogP contribution >= 0.6 is 56.7 Å². The lowest BCUT2D eigenvalue weighted by molar-refractivity contribution is 0.285. The summed E-state index contributed by atoms with van der Waals surface area (Å²) in [4.78, 5) is 22.8. The highest BCUT2D eigenvalue weighted by atomic mass is 32.1. The lowest BCUT2D eigenvalue weighted by Crippen LogP contribution is -2.27. The maximum absolute atomic E-state index is 13.6. The number of hydrogen-bond donors (Lipinski definition) is 1. The van der Waals surface area contributed by atoms with Gasteiger partial charge in [-0.1, -0.05) is 97.1 Å². The number of aromatic nitrogens is 6. The molecule has 11 aromatic heterocycles. The molecular formula is C89H98FN11OS5. The zero-order valence-electron chi connectivity index (χ0n) is 63.3. The van der Waals surface area contributed by atoms with Crippen LogP contribution in [-0.2, 0) is 104 Å². The summed E-state index contributed by atoms with van der Waals surface area (Å²) in [5.41, 5.74) is 28.2. The topological polar surface area (TPSA) is 74.0 Å². The highest BCUT2D eigenvalue weighted by Crippen LogP contribution is 2.43. The van der Waals surface area contributed by atoms with Crippen LogP contribution < -0.4 is 0 Å². The monoisotopic (exact) mass is 1520 g/mol. The minimum absolute atomic E-state index is 0.142. The van der Waals surface area contributed by atoms with E-state index >= 15 is 0 Å². The third-order valence-electron chi connectivity index (χ3n) is 22.1. The van der Waals surface area contributed by atoms with Gasteiger partial charge in [0.15, 0.2) is 0 Å². The average molecular weight is 1520 g/mol. The SMILES string of the molecule is CN1CCc2c(c3sc(CO)cc3n2CCc2ccccc2)C1.Cc1cc2c(s1)c1c(n2-c2cccc(F)c2)CCN(C)C1.Cc1cc2c(s1)c1c(n2-c2ccncc2)CCN(C)C1.Cc1cc2c(s1)c1c(n2CCc2ccccc2)CCN(C)C1.Cc1cc2c(s1)c1c(n2Cc2ccccc2)CCN(C)C1. The number of rotatable bonds is 11. The van der Waals surface area contributed by atoms with Gasteiger partial charge < -0.3 is 52.4 Å².